The molecule has 9 heteroatoms. The van der Waals surface area contributed by atoms with Crippen LogP contribution in [-0.4, -0.2) is 44.9 Å². The van der Waals surface area contributed by atoms with E-state index in [4.69, 9.17) is 5.73 Å². The lowest BCUT2D eigenvalue weighted by atomic mass is 9.88. The molecule has 0 bridgehead atoms. The second-order valence-corrected chi connectivity index (χ2v) is 10.8. The van der Waals surface area contributed by atoms with Gasteiger partial charge in [-0.25, -0.2) is 4.90 Å². The number of aliphatic hydroxyl groups excluding tert-OH is 1. The van der Waals surface area contributed by atoms with Crippen molar-refractivity contribution in [2.45, 2.75) is 89.1 Å². The first-order valence-corrected chi connectivity index (χ1v) is 14.4. The van der Waals surface area contributed by atoms with Crippen molar-refractivity contribution in [2.75, 3.05) is 4.90 Å². The van der Waals surface area contributed by atoms with Crippen LogP contribution in [0.4, 0.5) is 11.4 Å². The SMILES string of the molecule is CCCCCCCCCC[C@@H](O)[C@H]1C=CC2C(=O)N(c3ccccc3)C(=O)[C@H]2N1C(N)c1ccc([N+](=O)[O-])cc1. The van der Waals surface area contributed by atoms with Crippen molar-refractivity contribution >= 4 is 23.2 Å². The molecule has 2 unspecified atom stereocenters. The van der Waals surface area contributed by atoms with Crippen LogP contribution >= 0.6 is 0 Å². The highest BCUT2D eigenvalue weighted by Gasteiger charge is 2.54. The van der Waals surface area contributed by atoms with Gasteiger partial charge in [-0.05, 0) is 36.2 Å². The number of aliphatic hydroxyl groups is 1. The predicted molar refractivity (Wildman–Crippen MR) is 154 cm³/mol. The number of hydrogen-bond donors (Lipinski definition) is 2. The summed E-state index contributed by atoms with van der Waals surface area (Å²) in [5.74, 6) is -1.48. The lowest BCUT2D eigenvalue weighted by Gasteiger charge is -2.43. The third-order valence-corrected chi connectivity index (χ3v) is 8.03. The van der Waals surface area contributed by atoms with E-state index < -0.39 is 41.1 Å². The van der Waals surface area contributed by atoms with Crippen molar-refractivity contribution in [1.29, 1.82) is 0 Å². The Balaban J connectivity index is 1.55. The number of imide groups is 1. The lowest BCUT2D eigenvalue weighted by molar-refractivity contribution is -0.384. The van der Waals surface area contributed by atoms with Crippen LogP contribution in [0, 0.1) is 16.0 Å². The zero-order valence-corrected chi connectivity index (χ0v) is 23.1. The average Bonchev–Trinajstić information content (AvgIpc) is 3.23. The van der Waals surface area contributed by atoms with E-state index in [1.807, 2.05) is 6.07 Å². The van der Waals surface area contributed by atoms with Gasteiger partial charge in [0.15, 0.2) is 0 Å². The fourth-order valence-electron chi connectivity index (χ4n) is 5.84. The van der Waals surface area contributed by atoms with Crippen molar-refractivity contribution in [2.24, 2.45) is 11.7 Å². The summed E-state index contributed by atoms with van der Waals surface area (Å²) >= 11 is 0. The number of benzene rings is 2. The van der Waals surface area contributed by atoms with Gasteiger partial charge in [0.1, 0.15) is 6.04 Å². The molecule has 0 aromatic heterocycles. The Bertz CT molecular complexity index is 1190. The number of nitrogens with zero attached hydrogens (tertiary/aromatic N) is 3. The Labute approximate surface area is 235 Å². The number of nitrogens with two attached hydrogens (primary N) is 1. The molecule has 2 aromatic carbocycles. The minimum atomic E-state index is -0.902. The molecule has 0 aliphatic carbocycles. The molecule has 2 heterocycles. The molecule has 2 aromatic rings. The fourth-order valence-corrected chi connectivity index (χ4v) is 5.84. The molecular weight excluding hydrogens is 508 g/mol. The van der Waals surface area contributed by atoms with Crippen LogP contribution in [0.25, 0.3) is 0 Å². The van der Waals surface area contributed by atoms with E-state index in [1.165, 1.54) is 49.1 Å². The Morgan fingerprint density at radius 2 is 1.52 bits per heavy atom. The van der Waals surface area contributed by atoms with Crippen LogP contribution in [0.2, 0.25) is 0 Å². The fraction of sp³-hybridized carbons (Fsp3) is 0.484. The van der Waals surface area contributed by atoms with Gasteiger partial charge in [-0.3, -0.25) is 24.6 Å². The Hall–Kier alpha value is -3.40. The molecule has 0 saturated carbocycles. The third-order valence-electron chi connectivity index (χ3n) is 8.03. The zero-order valence-electron chi connectivity index (χ0n) is 23.1. The number of para-hydroxylation sites is 1. The summed E-state index contributed by atoms with van der Waals surface area (Å²) < 4.78 is 0. The monoisotopic (exact) mass is 548 g/mol. The van der Waals surface area contributed by atoms with Crippen LogP contribution in [-0.2, 0) is 9.59 Å². The number of carbonyl (C=O) groups is 2. The zero-order chi connectivity index (χ0) is 28.6. The number of carbonyl (C=O) groups excluding carboxylic acids is 2. The van der Waals surface area contributed by atoms with Crippen LogP contribution in [0.5, 0.6) is 0 Å². The standard InChI is InChI=1S/C31H40N4O5/c1-2-3-4-5-6-7-8-12-15-27(36)26-21-20-25-28(31(38)33(30(25)37)23-13-10-9-11-14-23)34(26)29(32)22-16-18-24(19-17-22)35(39)40/h9-11,13-14,16-21,25-29,36H,2-8,12,15,32H2,1H3/t25?,26-,27-,28+,29?/m1/s1. The molecule has 40 heavy (non-hydrogen) atoms. The smallest absolute Gasteiger partial charge is 0.269 e. The molecule has 2 aliphatic rings. The summed E-state index contributed by atoms with van der Waals surface area (Å²) in [4.78, 5) is 40.9. The molecule has 3 N–H and O–H groups in total. The van der Waals surface area contributed by atoms with E-state index in [0.717, 1.165) is 19.3 Å². The van der Waals surface area contributed by atoms with E-state index in [-0.39, 0.29) is 11.6 Å². The first-order chi connectivity index (χ1) is 19.3. The maximum Gasteiger partial charge on any atom is 0.269 e. The van der Waals surface area contributed by atoms with Gasteiger partial charge in [-0.1, -0.05) is 88.6 Å². The topological polar surface area (TPSA) is 130 Å². The summed E-state index contributed by atoms with van der Waals surface area (Å²) in [5, 5.41) is 22.5. The van der Waals surface area contributed by atoms with Crippen LogP contribution in [0.3, 0.4) is 0 Å². The highest BCUT2D eigenvalue weighted by Crippen LogP contribution is 2.39. The number of nitro groups is 1. The molecular formula is C31H40N4O5. The second kappa shape index (κ2) is 13.8. The van der Waals surface area contributed by atoms with Gasteiger partial charge in [0.2, 0.25) is 5.91 Å². The van der Waals surface area contributed by atoms with Gasteiger partial charge in [0.25, 0.3) is 11.6 Å². The van der Waals surface area contributed by atoms with E-state index >= 15 is 0 Å². The first kappa shape index (κ1) is 29.6. The molecule has 1 saturated heterocycles. The van der Waals surface area contributed by atoms with Crippen LogP contribution < -0.4 is 10.6 Å². The van der Waals surface area contributed by atoms with Gasteiger partial charge < -0.3 is 10.8 Å². The Morgan fingerprint density at radius 3 is 2.15 bits per heavy atom. The molecule has 0 spiro atoms. The molecule has 1 fully saturated rings. The van der Waals surface area contributed by atoms with Gasteiger partial charge in [-0.15, -0.1) is 0 Å². The number of unbranched alkanes of at least 4 members (excludes halogenated alkanes) is 7. The van der Waals surface area contributed by atoms with Gasteiger partial charge in [0, 0.05) is 12.1 Å². The van der Waals surface area contributed by atoms with Gasteiger partial charge >= 0.3 is 0 Å². The molecule has 2 amide bonds. The molecule has 214 valence electrons. The Morgan fingerprint density at radius 1 is 0.900 bits per heavy atom. The van der Waals surface area contributed by atoms with Crippen molar-refractivity contribution in [3.8, 4) is 0 Å². The van der Waals surface area contributed by atoms with E-state index in [1.54, 1.807) is 53.5 Å². The maximum atomic E-state index is 13.8. The number of amides is 2. The van der Waals surface area contributed by atoms with Crippen molar-refractivity contribution in [3.05, 3.63) is 82.4 Å². The number of non-ortho nitro benzene ring substituents is 1. The van der Waals surface area contributed by atoms with E-state index in [9.17, 15) is 24.8 Å². The van der Waals surface area contributed by atoms with E-state index in [0.29, 0.717) is 17.7 Å². The minimum Gasteiger partial charge on any atom is -0.391 e. The summed E-state index contributed by atoms with van der Waals surface area (Å²) in [6.07, 6.45) is 11.5. The summed E-state index contributed by atoms with van der Waals surface area (Å²) in [7, 11) is 0. The largest absolute Gasteiger partial charge is 0.391 e. The summed E-state index contributed by atoms with van der Waals surface area (Å²) in [6, 6.07) is 13.2. The van der Waals surface area contributed by atoms with Crippen molar-refractivity contribution in [3.63, 3.8) is 0 Å². The summed E-state index contributed by atoms with van der Waals surface area (Å²) in [5.41, 5.74) is 7.71. The number of nitro benzene ring substituents is 1. The maximum absolute atomic E-state index is 13.8. The average molecular weight is 549 g/mol. The van der Waals surface area contributed by atoms with Gasteiger partial charge in [0.05, 0.1) is 34.8 Å². The van der Waals surface area contributed by atoms with Crippen molar-refractivity contribution in [1.82, 2.24) is 4.90 Å². The number of rotatable bonds is 14. The third kappa shape index (κ3) is 6.49. The molecule has 2 aliphatic heterocycles. The minimum absolute atomic E-state index is 0.0685. The molecule has 4 rings (SSSR count). The molecule has 9 nitrogen and oxygen atoms in total. The number of fused-ring (bicyclic) bond motifs is 1. The molecule has 0 radical (unpaired) electrons. The van der Waals surface area contributed by atoms with Crippen LogP contribution in [0.15, 0.2) is 66.7 Å². The highest BCUT2D eigenvalue weighted by molar-refractivity contribution is 6.24. The first-order valence-electron chi connectivity index (χ1n) is 14.4. The van der Waals surface area contributed by atoms with Crippen molar-refractivity contribution < 1.29 is 19.6 Å². The normalized spacial score (nSPS) is 22.4. The number of hydrogen-bond acceptors (Lipinski definition) is 7. The van der Waals surface area contributed by atoms with E-state index in [2.05, 4.69) is 6.92 Å². The quantitative estimate of drug-likeness (QED) is 0.109. The van der Waals surface area contributed by atoms with Crippen LogP contribution in [0.1, 0.15) is 76.4 Å². The number of anilines is 1. The lowest BCUT2D eigenvalue weighted by Crippen LogP contribution is -2.58. The van der Waals surface area contributed by atoms with Gasteiger partial charge in [-0.2, -0.15) is 0 Å². The molecule has 5 atom stereocenters. The second-order valence-electron chi connectivity index (χ2n) is 10.8. The highest BCUT2D eigenvalue weighted by atomic mass is 16.6. The predicted octanol–water partition coefficient (Wildman–Crippen LogP) is 5.24. The summed E-state index contributed by atoms with van der Waals surface area (Å²) in [6.45, 7) is 2.20. The Kier molecular flexibility index (Phi) is 10.2.